The Hall–Kier alpha value is -3.09. The third-order valence-electron chi connectivity index (χ3n) is 6.19. The van der Waals surface area contributed by atoms with Crippen LogP contribution in [0.25, 0.3) is 0 Å². The SMILES string of the molecule is CCOc1ccc(C2CC(=O)N(c3ccc(C(F)(F)F)cc3)C3=C2C(=O)CC(C)(C)C3)cc1. The van der Waals surface area contributed by atoms with Crippen molar-refractivity contribution < 1.29 is 27.5 Å². The summed E-state index contributed by atoms with van der Waals surface area (Å²) in [6.07, 6.45) is -3.56. The second-order valence-corrected chi connectivity index (χ2v) is 9.33. The molecule has 1 heterocycles. The van der Waals surface area contributed by atoms with Gasteiger partial charge in [0.25, 0.3) is 0 Å². The Morgan fingerprint density at radius 2 is 1.64 bits per heavy atom. The Morgan fingerprint density at radius 1 is 1.00 bits per heavy atom. The standard InChI is InChI=1S/C26H26F3NO3/c1-4-33-19-11-5-16(6-12-19)20-13-23(32)30(18-9-7-17(8-10-18)26(27,28)29)21-14-25(2,3)15-22(31)24(20)21/h5-12,20H,4,13-15H2,1-3H3. The highest BCUT2D eigenvalue weighted by Crippen LogP contribution is 2.48. The highest BCUT2D eigenvalue weighted by atomic mass is 19.4. The Balaban J connectivity index is 1.80. The fraction of sp³-hybridized carbons (Fsp3) is 0.385. The first-order valence-electron chi connectivity index (χ1n) is 11.0. The van der Waals surface area contributed by atoms with Crippen LogP contribution in [0.1, 0.15) is 57.1 Å². The minimum atomic E-state index is -4.46. The molecule has 1 atom stereocenters. The van der Waals surface area contributed by atoms with E-state index in [1.807, 2.05) is 45.0 Å². The van der Waals surface area contributed by atoms with Crippen molar-refractivity contribution in [2.75, 3.05) is 11.5 Å². The first-order chi connectivity index (χ1) is 15.5. The number of hydrogen-bond acceptors (Lipinski definition) is 3. The molecule has 0 spiro atoms. The minimum Gasteiger partial charge on any atom is -0.494 e. The molecule has 0 N–H and O–H groups in total. The number of benzene rings is 2. The molecular formula is C26H26F3NO3. The van der Waals surface area contributed by atoms with E-state index in [4.69, 9.17) is 4.74 Å². The second-order valence-electron chi connectivity index (χ2n) is 9.33. The summed E-state index contributed by atoms with van der Waals surface area (Å²) >= 11 is 0. The summed E-state index contributed by atoms with van der Waals surface area (Å²) in [6, 6.07) is 11.9. The highest BCUT2D eigenvalue weighted by molar-refractivity contribution is 6.07. The van der Waals surface area contributed by atoms with Crippen LogP contribution in [0.3, 0.4) is 0 Å². The predicted molar refractivity (Wildman–Crippen MR) is 119 cm³/mol. The van der Waals surface area contributed by atoms with E-state index in [-0.39, 0.29) is 23.5 Å². The molecular weight excluding hydrogens is 431 g/mol. The maximum atomic E-state index is 13.3. The number of nitrogens with zero attached hydrogens (tertiary/aromatic N) is 1. The molecule has 1 unspecified atom stereocenters. The fourth-order valence-electron chi connectivity index (χ4n) is 4.76. The monoisotopic (exact) mass is 457 g/mol. The minimum absolute atomic E-state index is 0.0236. The molecule has 4 nitrogen and oxygen atoms in total. The van der Waals surface area contributed by atoms with Crippen molar-refractivity contribution in [3.8, 4) is 5.75 Å². The molecule has 0 fully saturated rings. The maximum Gasteiger partial charge on any atom is 0.416 e. The van der Waals surface area contributed by atoms with E-state index in [0.717, 1.165) is 17.7 Å². The van der Waals surface area contributed by atoms with Gasteiger partial charge in [0.1, 0.15) is 5.75 Å². The van der Waals surface area contributed by atoms with Gasteiger partial charge in [-0.2, -0.15) is 13.2 Å². The zero-order valence-corrected chi connectivity index (χ0v) is 18.8. The number of alkyl halides is 3. The number of ketones is 1. The Labute approximate surface area is 191 Å². The molecule has 0 radical (unpaired) electrons. The van der Waals surface area contributed by atoms with Crippen LogP contribution in [0, 0.1) is 5.41 Å². The smallest absolute Gasteiger partial charge is 0.416 e. The lowest BCUT2D eigenvalue weighted by Gasteiger charge is -2.43. The van der Waals surface area contributed by atoms with Gasteiger partial charge in [0.15, 0.2) is 5.78 Å². The van der Waals surface area contributed by atoms with E-state index in [2.05, 4.69) is 0 Å². The van der Waals surface area contributed by atoms with E-state index in [0.29, 0.717) is 42.2 Å². The quantitative estimate of drug-likeness (QED) is 0.544. The number of halogens is 3. The average Bonchev–Trinajstić information content (AvgIpc) is 2.72. The van der Waals surface area contributed by atoms with Crippen molar-refractivity contribution in [1.82, 2.24) is 0 Å². The lowest BCUT2D eigenvalue weighted by Crippen LogP contribution is -2.43. The summed E-state index contributed by atoms with van der Waals surface area (Å²) in [6.45, 7) is 6.35. The number of carbonyl (C=O) groups is 2. The van der Waals surface area contributed by atoms with Crippen LogP contribution >= 0.6 is 0 Å². The number of hydrogen-bond donors (Lipinski definition) is 0. The van der Waals surface area contributed by atoms with Crippen LogP contribution < -0.4 is 9.64 Å². The lowest BCUT2D eigenvalue weighted by molar-refractivity contribution is -0.137. The number of Topliss-reactive ketones (excluding diaryl/α,β-unsaturated/α-hetero) is 1. The van der Waals surface area contributed by atoms with Gasteiger partial charge in [-0.25, -0.2) is 0 Å². The van der Waals surface area contributed by atoms with Gasteiger partial charge in [0.2, 0.25) is 5.91 Å². The van der Waals surface area contributed by atoms with Crippen molar-refractivity contribution >= 4 is 17.4 Å². The number of amides is 1. The largest absolute Gasteiger partial charge is 0.494 e. The summed E-state index contributed by atoms with van der Waals surface area (Å²) in [7, 11) is 0. The van der Waals surface area contributed by atoms with Crippen LogP contribution in [0.15, 0.2) is 59.8 Å². The summed E-state index contributed by atoms with van der Waals surface area (Å²) in [5.41, 5.74) is 1.22. The first-order valence-corrected chi connectivity index (χ1v) is 11.0. The Kier molecular flexibility index (Phi) is 5.85. The van der Waals surface area contributed by atoms with E-state index in [1.165, 1.54) is 17.0 Å². The molecule has 0 saturated heterocycles. The van der Waals surface area contributed by atoms with E-state index < -0.39 is 17.7 Å². The van der Waals surface area contributed by atoms with Crippen molar-refractivity contribution in [2.45, 2.75) is 52.1 Å². The molecule has 7 heteroatoms. The van der Waals surface area contributed by atoms with Gasteiger partial charge in [-0.05, 0) is 60.7 Å². The topological polar surface area (TPSA) is 46.6 Å². The van der Waals surface area contributed by atoms with Crippen molar-refractivity contribution in [3.05, 3.63) is 70.9 Å². The number of rotatable bonds is 4. The Bertz CT molecular complexity index is 1100. The van der Waals surface area contributed by atoms with Gasteiger partial charge in [-0.1, -0.05) is 26.0 Å². The first kappa shape index (κ1) is 23.1. The average molecular weight is 457 g/mol. The molecule has 2 aliphatic rings. The van der Waals surface area contributed by atoms with E-state index >= 15 is 0 Å². The van der Waals surface area contributed by atoms with Crippen LogP contribution in [-0.4, -0.2) is 18.3 Å². The van der Waals surface area contributed by atoms with Crippen LogP contribution in [0.4, 0.5) is 18.9 Å². The van der Waals surface area contributed by atoms with Crippen molar-refractivity contribution in [3.63, 3.8) is 0 Å². The van der Waals surface area contributed by atoms with Gasteiger partial charge in [-0.3, -0.25) is 14.5 Å². The zero-order valence-electron chi connectivity index (χ0n) is 18.8. The van der Waals surface area contributed by atoms with Gasteiger partial charge in [0.05, 0.1) is 12.2 Å². The molecule has 174 valence electrons. The normalized spacial score (nSPS) is 20.7. The molecule has 1 amide bonds. The molecule has 33 heavy (non-hydrogen) atoms. The van der Waals surface area contributed by atoms with E-state index in [1.54, 1.807) is 0 Å². The number of allylic oxidation sites excluding steroid dienone is 2. The zero-order chi connectivity index (χ0) is 24.0. The van der Waals surface area contributed by atoms with Crippen molar-refractivity contribution in [2.24, 2.45) is 5.41 Å². The number of anilines is 1. The lowest BCUT2D eigenvalue weighted by atomic mass is 9.69. The highest BCUT2D eigenvalue weighted by Gasteiger charge is 2.44. The number of carbonyl (C=O) groups excluding carboxylic acids is 2. The molecule has 4 rings (SSSR count). The van der Waals surface area contributed by atoms with Gasteiger partial charge < -0.3 is 4.74 Å². The van der Waals surface area contributed by atoms with Crippen LogP contribution in [-0.2, 0) is 15.8 Å². The predicted octanol–water partition coefficient (Wildman–Crippen LogP) is 6.27. The summed E-state index contributed by atoms with van der Waals surface area (Å²) in [5, 5.41) is 0. The summed E-state index contributed by atoms with van der Waals surface area (Å²) < 4.78 is 44.6. The number of ether oxygens (including phenoxy) is 1. The molecule has 2 aromatic rings. The van der Waals surface area contributed by atoms with Crippen LogP contribution in [0.5, 0.6) is 5.75 Å². The summed E-state index contributed by atoms with van der Waals surface area (Å²) in [5.74, 6) is 0.0555. The fourth-order valence-corrected chi connectivity index (χ4v) is 4.76. The molecule has 0 aromatic heterocycles. The second kappa shape index (κ2) is 8.36. The Morgan fingerprint density at radius 3 is 2.21 bits per heavy atom. The third kappa shape index (κ3) is 4.54. The molecule has 1 aliphatic carbocycles. The van der Waals surface area contributed by atoms with Gasteiger partial charge in [-0.15, -0.1) is 0 Å². The molecule has 0 saturated carbocycles. The van der Waals surface area contributed by atoms with Gasteiger partial charge >= 0.3 is 6.18 Å². The third-order valence-corrected chi connectivity index (χ3v) is 6.19. The summed E-state index contributed by atoms with van der Waals surface area (Å²) in [4.78, 5) is 28.1. The van der Waals surface area contributed by atoms with Crippen LogP contribution in [0.2, 0.25) is 0 Å². The maximum absolute atomic E-state index is 13.3. The van der Waals surface area contributed by atoms with Gasteiger partial charge in [0, 0.05) is 35.7 Å². The molecule has 1 aliphatic heterocycles. The van der Waals surface area contributed by atoms with E-state index in [9.17, 15) is 22.8 Å². The molecule has 0 bridgehead atoms. The molecule has 2 aromatic carbocycles. The van der Waals surface area contributed by atoms with Crippen molar-refractivity contribution in [1.29, 1.82) is 0 Å².